The van der Waals surface area contributed by atoms with Crippen molar-refractivity contribution in [2.75, 3.05) is 18.1 Å². The largest absolute Gasteiger partial charge is 0.336 e. The van der Waals surface area contributed by atoms with E-state index in [9.17, 15) is 13.2 Å². The Morgan fingerprint density at radius 3 is 2.43 bits per heavy atom. The van der Waals surface area contributed by atoms with Gasteiger partial charge < -0.3 is 4.90 Å². The van der Waals surface area contributed by atoms with E-state index in [-0.39, 0.29) is 12.6 Å². The van der Waals surface area contributed by atoms with E-state index in [4.69, 9.17) is 4.18 Å². The molecule has 1 aromatic carbocycles. The Kier molecular flexibility index (Phi) is 6.80. The van der Waals surface area contributed by atoms with E-state index in [1.54, 1.807) is 11.8 Å². The van der Waals surface area contributed by atoms with Crippen LogP contribution < -0.4 is 9.62 Å². The van der Waals surface area contributed by atoms with Crippen molar-refractivity contribution in [1.29, 1.82) is 0 Å². The van der Waals surface area contributed by atoms with Crippen molar-refractivity contribution in [3.63, 3.8) is 0 Å². The predicted molar refractivity (Wildman–Crippen MR) is 82.2 cm³/mol. The number of benzene rings is 1. The summed E-state index contributed by atoms with van der Waals surface area (Å²) >= 11 is 0. The molecule has 0 aromatic heterocycles. The lowest BCUT2D eigenvalue weighted by atomic mass is 10.2. The molecule has 1 aromatic rings. The van der Waals surface area contributed by atoms with Crippen LogP contribution in [0, 0.1) is 0 Å². The molecular weight excluding hydrogens is 292 g/mol. The summed E-state index contributed by atoms with van der Waals surface area (Å²) in [5.41, 5.74) is 0.723. The highest BCUT2D eigenvalue weighted by atomic mass is 32.2. The Labute approximate surface area is 126 Å². The van der Waals surface area contributed by atoms with Crippen LogP contribution in [0.25, 0.3) is 0 Å². The highest BCUT2D eigenvalue weighted by molar-refractivity contribution is 7.84. The zero-order chi connectivity index (χ0) is 15.9. The molecule has 0 aliphatic carbocycles. The topological polar surface area (TPSA) is 75.7 Å². The van der Waals surface area contributed by atoms with Crippen LogP contribution in [0.15, 0.2) is 30.3 Å². The average molecular weight is 314 g/mol. The minimum atomic E-state index is -3.87. The molecule has 0 spiro atoms. The van der Waals surface area contributed by atoms with Gasteiger partial charge in [-0.15, -0.1) is 0 Å². The van der Waals surface area contributed by atoms with Crippen molar-refractivity contribution in [2.45, 2.75) is 33.2 Å². The van der Waals surface area contributed by atoms with Crippen LogP contribution in [-0.4, -0.2) is 33.5 Å². The Bertz CT molecular complexity index is 545. The minimum absolute atomic E-state index is 0.0506. The molecule has 21 heavy (non-hydrogen) atoms. The van der Waals surface area contributed by atoms with Gasteiger partial charge in [0.05, 0.1) is 0 Å². The molecule has 7 heteroatoms. The molecule has 0 fully saturated rings. The molecule has 6 nitrogen and oxygen atoms in total. The summed E-state index contributed by atoms with van der Waals surface area (Å²) in [5.74, 6) is -0.392. The molecule has 0 radical (unpaired) electrons. The maximum atomic E-state index is 12.3. The van der Waals surface area contributed by atoms with Crippen LogP contribution in [0.2, 0.25) is 0 Å². The third-order valence-electron chi connectivity index (χ3n) is 2.99. The first kappa shape index (κ1) is 17.6. The summed E-state index contributed by atoms with van der Waals surface area (Å²) in [6, 6.07) is 9.08. The first-order valence-electron chi connectivity index (χ1n) is 6.92. The second-order valence-electron chi connectivity index (χ2n) is 4.57. The molecule has 1 rings (SSSR count). The fraction of sp³-hybridized carbons (Fsp3) is 0.500. The van der Waals surface area contributed by atoms with Gasteiger partial charge >= 0.3 is 10.3 Å². The highest BCUT2D eigenvalue weighted by Crippen LogP contribution is 2.18. The summed E-state index contributed by atoms with van der Waals surface area (Å²) < 4.78 is 29.7. The first-order valence-corrected chi connectivity index (χ1v) is 8.33. The first-order chi connectivity index (χ1) is 9.91. The SMILES string of the molecule is CCNS(=O)(=O)OCC(=O)N(c1ccccc1)C(C)CC. The maximum absolute atomic E-state index is 12.3. The van der Waals surface area contributed by atoms with Crippen LogP contribution >= 0.6 is 0 Å². The molecule has 0 bridgehead atoms. The number of nitrogens with zero attached hydrogens (tertiary/aromatic N) is 1. The van der Waals surface area contributed by atoms with Crippen molar-refractivity contribution in [3.05, 3.63) is 30.3 Å². The average Bonchev–Trinajstić information content (AvgIpc) is 2.46. The van der Waals surface area contributed by atoms with E-state index in [0.29, 0.717) is 0 Å². The van der Waals surface area contributed by atoms with E-state index in [1.165, 1.54) is 0 Å². The number of amides is 1. The number of para-hydroxylation sites is 1. The number of nitrogens with one attached hydrogen (secondary N) is 1. The molecule has 0 saturated heterocycles. The molecule has 1 amide bonds. The molecule has 1 N–H and O–H groups in total. The number of hydrogen-bond donors (Lipinski definition) is 1. The van der Waals surface area contributed by atoms with Gasteiger partial charge in [-0.3, -0.25) is 4.79 Å². The Balaban J connectivity index is 2.83. The molecular formula is C14H22N2O4S. The van der Waals surface area contributed by atoms with E-state index in [1.807, 2.05) is 44.2 Å². The van der Waals surface area contributed by atoms with Crippen LogP contribution in [0.3, 0.4) is 0 Å². The smallest absolute Gasteiger partial charge is 0.308 e. The van der Waals surface area contributed by atoms with Crippen LogP contribution in [0.1, 0.15) is 27.2 Å². The Hall–Kier alpha value is -1.44. The Morgan fingerprint density at radius 1 is 1.29 bits per heavy atom. The molecule has 0 aliphatic rings. The number of carbonyl (C=O) groups excluding carboxylic acids is 1. The van der Waals surface area contributed by atoms with E-state index in [2.05, 4.69) is 4.72 Å². The second-order valence-corrected chi connectivity index (χ2v) is 6.00. The van der Waals surface area contributed by atoms with Gasteiger partial charge in [0.15, 0.2) is 0 Å². The highest BCUT2D eigenvalue weighted by Gasteiger charge is 2.22. The van der Waals surface area contributed by atoms with E-state index in [0.717, 1.165) is 12.1 Å². The van der Waals surface area contributed by atoms with E-state index < -0.39 is 22.8 Å². The summed E-state index contributed by atoms with van der Waals surface area (Å²) in [7, 11) is -3.87. The van der Waals surface area contributed by atoms with Gasteiger partial charge in [-0.05, 0) is 25.5 Å². The van der Waals surface area contributed by atoms with Crippen molar-refractivity contribution in [2.24, 2.45) is 0 Å². The van der Waals surface area contributed by atoms with Crippen molar-refractivity contribution in [3.8, 4) is 0 Å². The zero-order valence-corrected chi connectivity index (χ0v) is 13.4. The lowest BCUT2D eigenvalue weighted by Gasteiger charge is -2.28. The summed E-state index contributed by atoms with van der Waals surface area (Å²) in [6.07, 6.45) is 0.751. The van der Waals surface area contributed by atoms with E-state index >= 15 is 0 Å². The van der Waals surface area contributed by atoms with Crippen molar-refractivity contribution < 1.29 is 17.4 Å². The number of carbonyl (C=O) groups is 1. The normalized spacial score (nSPS) is 12.9. The Morgan fingerprint density at radius 2 is 1.90 bits per heavy atom. The number of anilines is 1. The quantitative estimate of drug-likeness (QED) is 0.792. The van der Waals surface area contributed by atoms with Gasteiger partial charge in [-0.2, -0.15) is 13.1 Å². The standard InChI is InChI=1S/C14H22N2O4S/c1-4-12(3)16(13-9-7-6-8-10-13)14(17)11-20-21(18,19)15-5-2/h6-10,12,15H,4-5,11H2,1-3H3. The molecule has 118 valence electrons. The predicted octanol–water partition coefficient (Wildman–Crippen LogP) is 1.69. The third-order valence-corrected chi connectivity index (χ3v) is 4.06. The molecule has 0 aliphatic heterocycles. The van der Waals surface area contributed by atoms with Gasteiger partial charge in [-0.25, -0.2) is 4.18 Å². The molecule has 1 atom stereocenters. The fourth-order valence-electron chi connectivity index (χ4n) is 1.83. The van der Waals surface area contributed by atoms with Crippen LogP contribution in [-0.2, 0) is 19.3 Å². The van der Waals surface area contributed by atoms with Gasteiger partial charge in [0, 0.05) is 18.3 Å². The van der Waals surface area contributed by atoms with Gasteiger partial charge in [0.2, 0.25) is 0 Å². The molecule has 0 heterocycles. The lowest BCUT2D eigenvalue weighted by molar-refractivity contribution is -0.121. The lowest BCUT2D eigenvalue weighted by Crippen LogP contribution is -2.42. The van der Waals surface area contributed by atoms with Crippen molar-refractivity contribution in [1.82, 2.24) is 4.72 Å². The number of rotatable bonds is 8. The number of hydrogen-bond acceptors (Lipinski definition) is 4. The minimum Gasteiger partial charge on any atom is -0.308 e. The van der Waals surface area contributed by atoms with Gasteiger partial charge in [-0.1, -0.05) is 32.0 Å². The third kappa shape index (κ3) is 5.45. The molecule has 1 unspecified atom stereocenters. The van der Waals surface area contributed by atoms with Gasteiger partial charge in [0.1, 0.15) is 6.61 Å². The summed E-state index contributed by atoms with van der Waals surface area (Å²) in [5, 5.41) is 0. The fourth-order valence-corrected chi connectivity index (χ4v) is 2.52. The van der Waals surface area contributed by atoms with Crippen LogP contribution in [0.5, 0.6) is 0 Å². The van der Waals surface area contributed by atoms with Gasteiger partial charge in [0.25, 0.3) is 5.91 Å². The maximum Gasteiger partial charge on any atom is 0.336 e. The zero-order valence-electron chi connectivity index (χ0n) is 12.6. The summed E-state index contributed by atoms with van der Waals surface area (Å²) in [6.45, 7) is 5.20. The van der Waals surface area contributed by atoms with Crippen LogP contribution in [0.4, 0.5) is 5.69 Å². The monoisotopic (exact) mass is 314 g/mol. The van der Waals surface area contributed by atoms with Crippen molar-refractivity contribution >= 4 is 21.9 Å². The molecule has 0 saturated carbocycles. The summed E-state index contributed by atoms with van der Waals surface area (Å²) in [4.78, 5) is 13.9. The second kappa shape index (κ2) is 8.11.